The Labute approximate surface area is 122 Å². The second-order valence-electron chi connectivity index (χ2n) is 4.83. The second-order valence-corrected chi connectivity index (χ2v) is 5.10. The molecule has 0 fully saturated rings. The lowest BCUT2D eigenvalue weighted by Crippen LogP contribution is -2.11. The number of alkyl halides is 1. The Morgan fingerprint density at radius 3 is 2.75 bits per heavy atom. The van der Waals surface area contributed by atoms with E-state index < -0.39 is 0 Å². The molecule has 0 saturated heterocycles. The predicted octanol–water partition coefficient (Wildman–Crippen LogP) is 1.73. The normalized spacial score (nSPS) is 11.3. The molecule has 2 rings (SSSR count). The average Bonchev–Trinajstić information content (AvgIpc) is 2.92. The third-order valence-electron chi connectivity index (χ3n) is 3.38. The van der Waals surface area contributed by atoms with E-state index in [9.17, 15) is 4.79 Å². The van der Waals surface area contributed by atoms with Crippen molar-refractivity contribution in [2.75, 3.05) is 0 Å². The summed E-state index contributed by atoms with van der Waals surface area (Å²) in [6.07, 6.45) is 2.90. The number of hydrogen-bond acceptors (Lipinski definition) is 3. The summed E-state index contributed by atoms with van der Waals surface area (Å²) in [5.74, 6) is 0.962. The monoisotopic (exact) mass is 297 g/mol. The van der Waals surface area contributed by atoms with E-state index >= 15 is 0 Å². The standard InChI is InChI=1S/C13H20ClN5O/c1-3-9-12-13(18(2)17-9)19(11(8-14)16-12)7-5-4-6-10(15)20/h3-8H2,1-2H3,(H2,15,20). The van der Waals surface area contributed by atoms with E-state index in [0.29, 0.717) is 12.3 Å². The van der Waals surface area contributed by atoms with Crippen LogP contribution in [0.15, 0.2) is 0 Å². The SMILES string of the molecule is CCc1nn(C)c2c1nc(CCl)n2CCCCC(N)=O. The Morgan fingerprint density at radius 1 is 1.40 bits per heavy atom. The van der Waals surface area contributed by atoms with Crippen molar-refractivity contribution in [1.29, 1.82) is 0 Å². The largest absolute Gasteiger partial charge is 0.370 e. The number of imidazole rings is 1. The lowest BCUT2D eigenvalue weighted by atomic mass is 10.2. The molecule has 0 aliphatic rings. The highest BCUT2D eigenvalue weighted by Gasteiger charge is 2.17. The molecule has 2 aromatic heterocycles. The van der Waals surface area contributed by atoms with Crippen LogP contribution >= 0.6 is 11.6 Å². The maximum atomic E-state index is 10.8. The highest BCUT2D eigenvalue weighted by atomic mass is 35.5. The summed E-state index contributed by atoms with van der Waals surface area (Å²) in [4.78, 5) is 15.4. The molecule has 0 saturated carbocycles. The van der Waals surface area contributed by atoms with E-state index in [1.165, 1.54) is 0 Å². The van der Waals surface area contributed by atoms with Gasteiger partial charge in [-0.3, -0.25) is 9.48 Å². The van der Waals surface area contributed by atoms with Gasteiger partial charge in [0, 0.05) is 20.0 Å². The van der Waals surface area contributed by atoms with Crippen molar-refractivity contribution in [2.45, 2.75) is 45.0 Å². The van der Waals surface area contributed by atoms with Crippen LogP contribution in [0.3, 0.4) is 0 Å². The zero-order chi connectivity index (χ0) is 14.7. The summed E-state index contributed by atoms with van der Waals surface area (Å²) in [6.45, 7) is 2.84. The van der Waals surface area contributed by atoms with Crippen LogP contribution in [-0.2, 0) is 30.7 Å². The minimum atomic E-state index is -0.257. The van der Waals surface area contributed by atoms with Crippen molar-refractivity contribution in [3.63, 3.8) is 0 Å². The van der Waals surface area contributed by atoms with Gasteiger partial charge < -0.3 is 10.3 Å². The Balaban J connectivity index is 2.26. The molecule has 110 valence electrons. The number of carbonyl (C=O) groups is 1. The van der Waals surface area contributed by atoms with Gasteiger partial charge in [0.1, 0.15) is 11.3 Å². The molecule has 0 bridgehead atoms. The van der Waals surface area contributed by atoms with Crippen LogP contribution in [0.1, 0.15) is 37.7 Å². The molecule has 20 heavy (non-hydrogen) atoms. The van der Waals surface area contributed by atoms with Crippen molar-refractivity contribution in [3.05, 3.63) is 11.5 Å². The number of amides is 1. The number of halogens is 1. The number of aromatic nitrogens is 4. The quantitative estimate of drug-likeness (QED) is 0.624. The minimum absolute atomic E-state index is 0.257. The third kappa shape index (κ3) is 2.80. The van der Waals surface area contributed by atoms with Crippen LogP contribution in [0.5, 0.6) is 0 Å². The molecule has 2 aromatic rings. The number of unbranched alkanes of at least 4 members (excludes halogenated alkanes) is 1. The van der Waals surface area contributed by atoms with E-state index in [0.717, 1.165) is 48.5 Å². The van der Waals surface area contributed by atoms with E-state index in [4.69, 9.17) is 17.3 Å². The average molecular weight is 298 g/mol. The summed E-state index contributed by atoms with van der Waals surface area (Å²) >= 11 is 5.98. The van der Waals surface area contributed by atoms with E-state index in [-0.39, 0.29) is 5.91 Å². The highest BCUT2D eigenvalue weighted by molar-refractivity contribution is 6.16. The highest BCUT2D eigenvalue weighted by Crippen LogP contribution is 2.21. The Morgan fingerprint density at radius 2 is 2.15 bits per heavy atom. The van der Waals surface area contributed by atoms with Crippen LogP contribution in [0, 0.1) is 0 Å². The first-order valence-corrected chi connectivity index (χ1v) is 7.37. The van der Waals surface area contributed by atoms with Crippen LogP contribution in [0.4, 0.5) is 0 Å². The third-order valence-corrected chi connectivity index (χ3v) is 3.62. The van der Waals surface area contributed by atoms with Crippen molar-refractivity contribution >= 4 is 28.7 Å². The first-order chi connectivity index (χ1) is 9.58. The Hall–Kier alpha value is -1.56. The van der Waals surface area contributed by atoms with Gasteiger partial charge in [0.25, 0.3) is 0 Å². The zero-order valence-electron chi connectivity index (χ0n) is 11.9. The molecular weight excluding hydrogens is 278 g/mol. The predicted molar refractivity (Wildman–Crippen MR) is 78.5 cm³/mol. The molecule has 0 unspecified atom stereocenters. The number of aryl methyl sites for hydroxylation is 3. The smallest absolute Gasteiger partial charge is 0.217 e. The van der Waals surface area contributed by atoms with Crippen molar-refractivity contribution in [3.8, 4) is 0 Å². The maximum Gasteiger partial charge on any atom is 0.217 e. The zero-order valence-corrected chi connectivity index (χ0v) is 12.7. The summed E-state index contributed by atoms with van der Waals surface area (Å²) in [5, 5.41) is 4.48. The van der Waals surface area contributed by atoms with E-state index in [2.05, 4.69) is 21.6 Å². The Kier molecular flexibility index (Phi) is 4.65. The molecule has 0 aliphatic carbocycles. The fraction of sp³-hybridized carbons (Fsp3) is 0.615. The lowest BCUT2D eigenvalue weighted by molar-refractivity contribution is -0.118. The van der Waals surface area contributed by atoms with Gasteiger partial charge in [0.05, 0.1) is 11.6 Å². The topological polar surface area (TPSA) is 78.7 Å². The molecule has 7 heteroatoms. The summed E-state index contributed by atoms with van der Waals surface area (Å²) < 4.78 is 3.95. The summed E-state index contributed by atoms with van der Waals surface area (Å²) in [6, 6.07) is 0. The summed E-state index contributed by atoms with van der Waals surface area (Å²) in [5.41, 5.74) is 8.07. The number of rotatable bonds is 7. The van der Waals surface area contributed by atoms with Crippen LogP contribution in [-0.4, -0.2) is 25.2 Å². The summed E-state index contributed by atoms with van der Waals surface area (Å²) in [7, 11) is 1.92. The fourth-order valence-corrected chi connectivity index (χ4v) is 2.64. The first kappa shape index (κ1) is 14.8. The number of primary amides is 1. The van der Waals surface area contributed by atoms with Crippen LogP contribution in [0.2, 0.25) is 0 Å². The fourth-order valence-electron chi connectivity index (χ4n) is 2.43. The minimum Gasteiger partial charge on any atom is -0.370 e. The Bertz CT molecular complexity index is 616. The van der Waals surface area contributed by atoms with Crippen molar-refractivity contribution < 1.29 is 4.79 Å². The molecule has 6 nitrogen and oxygen atoms in total. The molecule has 0 aromatic carbocycles. The van der Waals surface area contributed by atoms with Gasteiger partial charge in [0.2, 0.25) is 5.91 Å². The number of hydrogen-bond donors (Lipinski definition) is 1. The number of fused-ring (bicyclic) bond motifs is 1. The van der Waals surface area contributed by atoms with Crippen LogP contribution < -0.4 is 5.73 Å². The molecule has 2 N–H and O–H groups in total. The van der Waals surface area contributed by atoms with Gasteiger partial charge >= 0.3 is 0 Å². The molecular formula is C13H20ClN5O. The van der Waals surface area contributed by atoms with Gasteiger partial charge in [-0.05, 0) is 19.3 Å². The lowest BCUT2D eigenvalue weighted by Gasteiger charge is -2.07. The number of nitrogens with zero attached hydrogens (tertiary/aromatic N) is 4. The first-order valence-electron chi connectivity index (χ1n) is 6.83. The molecule has 0 aliphatic heterocycles. The molecule has 0 radical (unpaired) electrons. The molecule has 1 amide bonds. The molecule has 2 heterocycles. The molecule has 0 spiro atoms. The van der Waals surface area contributed by atoms with Gasteiger partial charge in [-0.2, -0.15) is 5.10 Å². The number of carbonyl (C=O) groups excluding carboxylic acids is 1. The van der Waals surface area contributed by atoms with Gasteiger partial charge in [-0.15, -0.1) is 11.6 Å². The van der Waals surface area contributed by atoms with Crippen LogP contribution in [0.25, 0.3) is 11.2 Å². The second kappa shape index (κ2) is 6.26. The van der Waals surface area contributed by atoms with E-state index in [1.54, 1.807) is 0 Å². The van der Waals surface area contributed by atoms with Crippen molar-refractivity contribution in [2.24, 2.45) is 12.8 Å². The van der Waals surface area contributed by atoms with Gasteiger partial charge in [0.15, 0.2) is 5.65 Å². The number of nitrogens with two attached hydrogens (primary N) is 1. The van der Waals surface area contributed by atoms with Gasteiger partial charge in [-0.1, -0.05) is 6.92 Å². The van der Waals surface area contributed by atoms with Crippen molar-refractivity contribution in [1.82, 2.24) is 19.3 Å². The van der Waals surface area contributed by atoms with E-state index in [1.807, 2.05) is 11.7 Å². The molecule has 0 atom stereocenters. The maximum absolute atomic E-state index is 10.8. The van der Waals surface area contributed by atoms with Gasteiger partial charge in [-0.25, -0.2) is 4.98 Å².